The lowest BCUT2D eigenvalue weighted by atomic mass is 9.86. The molecular weight excluding hydrogens is 475 g/mol. The molecule has 34 heavy (non-hydrogen) atoms. The zero-order valence-corrected chi connectivity index (χ0v) is 19.0. The number of carbonyl (C=O) groups is 2. The van der Waals surface area contributed by atoms with E-state index in [-0.39, 0.29) is 17.0 Å². The van der Waals surface area contributed by atoms with Crippen LogP contribution in [0.2, 0.25) is 10.0 Å². The summed E-state index contributed by atoms with van der Waals surface area (Å²) in [7, 11) is 0. The number of halogens is 2. The van der Waals surface area contributed by atoms with Crippen LogP contribution in [0.5, 0.6) is 5.75 Å². The van der Waals surface area contributed by atoms with Gasteiger partial charge in [0, 0.05) is 10.0 Å². The number of ketones is 1. The lowest BCUT2D eigenvalue weighted by Gasteiger charge is -2.16. The van der Waals surface area contributed by atoms with E-state index in [2.05, 4.69) is 10.5 Å². The number of phenols is 1. The highest BCUT2D eigenvalue weighted by molar-refractivity contribution is 6.45. The number of rotatable bonds is 7. The molecule has 0 aromatic heterocycles. The molecule has 3 aromatic rings. The number of hydrogen-bond acceptors (Lipinski definition) is 6. The fourth-order valence-corrected chi connectivity index (χ4v) is 3.39. The highest BCUT2D eigenvalue weighted by Crippen LogP contribution is 2.26. The molecule has 2 unspecified atom stereocenters. The number of carbonyl (C=O) groups excluding carboxylic acids is 2. The van der Waals surface area contributed by atoms with Crippen LogP contribution in [-0.4, -0.2) is 22.5 Å². The van der Waals surface area contributed by atoms with Crippen LogP contribution in [0.15, 0.2) is 77.9 Å². The number of aromatic hydroxyl groups is 1. The van der Waals surface area contributed by atoms with Gasteiger partial charge in [-0.25, -0.2) is 5.43 Å². The van der Waals surface area contributed by atoms with Gasteiger partial charge in [-0.05, 0) is 47.5 Å². The minimum absolute atomic E-state index is 0.0763. The molecule has 0 bridgehead atoms. The molecule has 7 nitrogen and oxygen atoms in total. The zero-order valence-electron chi connectivity index (χ0n) is 17.4. The van der Waals surface area contributed by atoms with E-state index in [9.17, 15) is 25.2 Å². The number of para-hydroxylation sites is 1. The van der Waals surface area contributed by atoms with Gasteiger partial charge in [0.15, 0.2) is 0 Å². The first kappa shape index (κ1) is 24.5. The molecule has 0 spiro atoms. The number of hydrazone groups is 1. The van der Waals surface area contributed by atoms with Crippen LogP contribution in [0.25, 0.3) is 0 Å². The Hall–Kier alpha value is -4.17. The van der Waals surface area contributed by atoms with Crippen LogP contribution in [0.3, 0.4) is 0 Å². The number of hydrogen-bond donors (Lipinski definition) is 2. The summed E-state index contributed by atoms with van der Waals surface area (Å²) in [6, 6.07) is 22.0. The van der Waals surface area contributed by atoms with E-state index in [0.29, 0.717) is 21.2 Å². The smallest absolute Gasteiger partial charge is 0.275 e. The molecule has 0 aliphatic carbocycles. The van der Waals surface area contributed by atoms with Crippen molar-refractivity contribution in [2.45, 2.75) is 11.8 Å². The summed E-state index contributed by atoms with van der Waals surface area (Å²) in [6.07, 6.45) is 0. The second-order valence-corrected chi connectivity index (χ2v) is 7.92. The summed E-state index contributed by atoms with van der Waals surface area (Å²) in [5, 5.41) is 34.3. The third-order valence-electron chi connectivity index (χ3n) is 4.88. The Morgan fingerprint density at radius 1 is 0.824 bits per heavy atom. The van der Waals surface area contributed by atoms with E-state index >= 15 is 0 Å². The quantitative estimate of drug-likeness (QED) is 0.357. The third kappa shape index (κ3) is 5.60. The Kier molecular flexibility index (Phi) is 8.00. The average molecular weight is 491 g/mol. The minimum atomic E-state index is -1.30. The van der Waals surface area contributed by atoms with Crippen molar-refractivity contribution in [1.82, 2.24) is 5.43 Å². The van der Waals surface area contributed by atoms with Crippen molar-refractivity contribution < 1.29 is 14.7 Å². The normalized spacial score (nSPS) is 12.6. The predicted octanol–water partition coefficient (Wildman–Crippen LogP) is 4.97. The summed E-state index contributed by atoms with van der Waals surface area (Å²) in [5.74, 6) is -4.37. The molecule has 9 heteroatoms. The van der Waals surface area contributed by atoms with Gasteiger partial charge in [0.05, 0.1) is 17.7 Å². The summed E-state index contributed by atoms with van der Waals surface area (Å²) < 4.78 is 0. The van der Waals surface area contributed by atoms with Crippen LogP contribution in [0.1, 0.15) is 33.3 Å². The molecule has 0 fully saturated rings. The molecule has 2 atom stereocenters. The largest absolute Gasteiger partial charge is 0.507 e. The van der Waals surface area contributed by atoms with Crippen molar-refractivity contribution in [3.8, 4) is 17.9 Å². The fraction of sp³-hybridized carbons (Fsp3) is 0.0800. The average Bonchev–Trinajstić information content (AvgIpc) is 2.84. The van der Waals surface area contributed by atoms with Crippen molar-refractivity contribution in [2.24, 2.45) is 5.10 Å². The molecule has 2 N–H and O–H groups in total. The Labute approximate surface area is 205 Å². The van der Waals surface area contributed by atoms with Crippen LogP contribution in [-0.2, 0) is 4.79 Å². The Bertz CT molecular complexity index is 1320. The van der Waals surface area contributed by atoms with Crippen LogP contribution in [0.4, 0.5) is 0 Å². The van der Waals surface area contributed by atoms with Gasteiger partial charge >= 0.3 is 0 Å². The van der Waals surface area contributed by atoms with E-state index in [1.807, 2.05) is 12.1 Å². The van der Waals surface area contributed by atoms with Gasteiger partial charge in [-0.15, -0.1) is 0 Å². The highest BCUT2D eigenvalue weighted by Gasteiger charge is 2.32. The van der Waals surface area contributed by atoms with Gasteiger partial charge in [-0.2, -0.15) is 15.6 Å². The molecule has 0 heterocycles. The van der Waals surface area contributed by atoms with Crippen molar-refractivity contribution >= 4 is 40.6 Å². The van der Waals surface area contributed by atoms with E-state index in [1.54, 1.807) is 36.4 Å². The number of Topliss-reactive ketones (excluding diaryl/α,β-unsaturated/α-hetero) is 1. The molecule has 3 rings (SSSR count). The molecule has 168 valence electrons. The van der Waals surface area contributed by atoms with Crippen molar-refractivity contribution in [1.29, 1.82) is 10.5 Å². The Morgan fingerprint density at radius 2 is 1.32 bits per heavy atom. The number of benzene rings is 3. The van der Waals surface area contributed by atoms with Crippen LogP contribution < -0.4 is 5.43 Å². The summed E-state index contributed by atoms with van der Waals surface area (Å²) in [4.78, 5) is 26.0. The number of phenolic OH excluding ortho intramolecular Hbond substituents is 1. The van der Waals surface area contributed by atoms with Gasteiger partial charge in [-0.1, -0.05) is 59.6 Å². The highest BCUT2D eigenvalue weighted by atomic mass is 35.5. The summed E-state index contributed by atoms with van der Waals surface area (Å²) >= 11 is 11.8. The van der Waals surface area contributed by atoms with Crippen LogP contribution >= 0.6 is 23.2 Å². The molecule has 0 saturated heterocycles. The minimum Gasteiger partial charge on any atom is -0.507 e. The van der Waals surface area contributed by atoms with Gasteiger partial charge < -0.3 is 5.11 Å². The van der Waals surface area contributed by atoms with E-state index in [0.717, 1.165) is 0 Å². The first-order chi connectivity index (χ1) is 16.3. The first-order valence-electron chi connectivity index (χ1n) is 9.86. The monoisotopic (exact) mass is 490 g/mol. The van der Waals surface area contributed by atoms with Crippen LogP contribution in [0, 0.1) is 22.7 Å². The van der Waals surface area contributed by atoms with Crippen molar-refractivity contribution in [3.05, 3.63) is 99.5 Å². The number of nitriles is 2. The van der Waals surface area contributed by atoms with E-state index in [1.165, 1.54) is 36.4 Å². The van der Waals surface area contributed by atoms with E-state index < -0.39 is 23.5 Å². The summed E-state index contributed by atoms with van der Waals surface area (Å²) in [6.45, 7) is 0. The number of nitrogens with one attached hydrogen (secondary N) is 1. The lowest BCUT2D eigenvalue weighted by Crippen LogP contribution is -2.31. The number of nitrogens with zero attached hydrogens (tertiary/aromatic N) is 3. The Balaban J connectivity index is 2.04. The zero-order chi connectivity index (χ0) is 24.7. The molecule has 0 radical (unpaired) electrons. The van der Waals surface area contributed by atoms with Gasteiger partial charge in [0.25, 0.3) is 5.91 Å². The maximum absolute atomic E-state index is 13.5. The van der Waals surface area contributed by atoms with Gasteiger partial charge in [-0.3, -0.25) is 9.59 Å². The lowest BCUT2D eigenvalue weighted by molar-refractivity contribution is -0.113. The molecule has 0 aliphatic heterocycles. The molecule has 0 saturated carbocycles. The summed E-state index contributed by atoms with van der Waals surface area (Å²) in [5.41, 5.74) is 2.53. The van der Waals surface area contributed by atoms with Gasteiger partial charge in [0.2, 0.25) is 5.78 Å². The van der Waals surface area contributed by atoms with Crippen molar-refractivity contribution in [2.75, 3.05) is 0 Å². The van der Waals surface area contributed by atoms with Crippen molar-refractivity contribution in [3.63, 3.8) is 0 Å². The fourth-order valence-electron chi connectivity index (χ4n) is 3.14. The maximum Gasteiger partial charge on any atom is 0.275 e. The molecule has 1 amide bonds. The second-order valence-electron chi connectivity index (χ2n) is 7.05. The number of amides is 1. The third-order valence-corrected chi connectivity index (χ3v) is 5.38. The molecule has 3 aromatic carbocycles. The second kappa shape index (κ2) is 11.1. The Morgan fingerprint density at radius 3 is 1.82 bits per heavy atom. The topological polar surface area (TPSA) is 126 Å². The van der Waals surface area contributed by atoms with E-state index in [4.69, 9.17) is 23.2 Å². The molecule has 0 aliphatic rings. The molecular formula is C25H16Cl2N4O3. The maximum atomic E-state index is 13.5. The first-order valence-corrected chi connectivity index (χ1v) is 10.6. The standard InChI is InChI=1S/C25H16Cl2N4O3/c26-17-9-5-15(6-10-17)20(13-28)23(30-31-25(34)19-3-1-2-4-22(19)32)24(33)21(14-29)16-7-11-18(27)12-8-16/h1-12,20-21,32H,(H,31,34)/b30-23-. The predicted molar refractivity (Wildman–Crippen MR) is 128 cm³/mol. The van der Waals surface area contributed by atoms with Gasteiger partial charge in [0.1, 0.15) is 23.3 Å². The SMILES string of the molecule is N#CC(C(=O)/C(=N\NC(=O)c1ccccc1O)C(C#N)c1ccc(Cl)cc1)c1ccc(Cl)cc1.